The average Bonchev–Trinajstić information content (AvgIpc) is 3.39. The van der Waals surface area contributed by atoms with E-state index in [2.05, 4.69) is 25.5 Å². The summed E-state index contributed by atoms with van der Waals surface area (Å²) in [5.41, 5.74) is 3.35. The Bertz CT molecular complexity index is 1120. The van der Waals surface area contributed by atoms with Gasteiger partial charge in [0.1, 0.15) is 5.75 Å². The SMILES string of the molecule is Cc1cc(-n2nc(Nc3cccc(OC(F)(F)F)c3)cc2CC(=O)NC2CC2)cc(C)n1. The van der Waals surface area contributed by atoms with Crippen LogP contribution in [0.15, 0.2) is 42.5 Å². The van der Waals surface area contributed by atoms with Crippen molar-refractivity contribution in [2.75, 3.05) is 5.32 Å². The quantitative estimate of drug-likeness (QED) is 0.565. The molecule has 0 saturated heterocycles. The number of ether oxygens (including phenoxy) is 1. The number of nitrogens with zero attached hydrogens (tertiary/aromatic N) is 3. The third kappa shape index (κ3) is 5.77. The highest BCUT2D eigenvalue weighted by atomic mass is 19.4. The maximum atomic E-state index is 12.5. The van der Waals surface area contributed by atoms with E-state index < -0.39 is 6.36 Å². The Morgan fingerprint density at radius 3 is 2.53 bits per heavy atom. The third-order valence-corrected chi connectivity index (χ3v) is 4.72. The highest BCUT2D eigenvalue weighted by Crippen LogP contribution is 2.27. The van der Waals surface area contributed by atoms with Crippen LogP contribution in [0.2, 0.25) is 0 Å². The van der Waals surface area contributed by atoms with Crippen LogP contribution in [0.5, 0.6) is 5.75 Å². The molecule has 1 aliphatic rings. The average molecular weight is 445 g/mol. The molecule has 1 aliphatic carbocycles. The number of halogens is 3. The molecule has 0 bridgehead atoms. The van der Waals surface area contributed by atoms with E-state index in [0.717, 1.165) is 29.9 Å². The molecule has 1 aromatic carbocycles. The molecule has 0 atom stereocenters. The molecule has 10 heteroatoms. The first kappa shape index (κ1) is 21.7. The number of aromatic nitrogens is 3. The van der Waals surface area contributed by atoms with Crippen molar-refractivity contribution in [2.24, 2.45) is 0 Å². The van der Waals surface area contributed by atoms with E-state index in [1.807, 2.05) is 26.0 Å². The second-order valence-corrected chi connectivity index (χ2v) is 7.76. The lowest BCUT2D eigenvalue weighted by atomic mass is 10.2. The van der Waals surface area contributed by atoms with Gasteiger partial charge in [-0.2, -0.15) is 0 Å². The van der Waals surface area contributed by atoms with E-state index in [1.165, 1.54) is 18.2 Å². The van der Waals surface area contributed by atoms with Gasteiger partial charge in [-0.1, -0.05) is 6.07 Å². The zero-order valence-corrected chi connectivity index (χ0v) is 17.5. The van der Waals surface area contributed by atoms with E-state index in [9.17, 15) is 18.0 Å². The zero-order chi connectivity index (χ0) is 22.9. The number of hydrogen-bond acceptors (Lipinski definition) is 5. The number of alkyl halides is 3. The van der Waals surface area contributed by atoms with Crippen LogP contribution in [-0.4, -0.2) is 33.1 Å². The molecule has 7 nitrogen and oxygen atoms in total. The van der Waals surface area contributed by atoms with Crippen molar-refractivity contribution < 1.29 is 22.7 Å². The van der Waals surface area contributed by atoms with Crippen molar-refractivity contribution in [3.8, 4) is 11.4 Å². The van der Waals surface area contributed by atoms with Crippen LogP contribution >= 0.6 is 0 Å². The summed E-state index contributed by atoms with van der Waals surface area (Å²) in [5.74, 6) is -0.0647. The normalized spacial score (nSPS) is 13.7. The lowest BCUT2D eigenvalue weighted by molar-refractivity contribution is -0.274. The van der Waals surface area contributed by atoms with Gasteiger partial charge in [0.25, 0.3) is 0 Å². The standard InChI is InChI=1S/C22H22F3N5O2/c1-13-8-17(9-14(2)26-13)30-18(12-21(31)28-15-6-7-15)11-20(29-30)27-16-4-3-5-19(10-16)32-22(23,24)25/h3-5,8-11,15H,6-7,12H2,1-2H3,(H,27,29)(H,28,31). The van der Waals surface area contributed by atoms with Gasteiger partial charge in [-0.25, -0.2) is 4.68 Å². The lowest BCUT2D eigenvalue weighted by Gasteiger charge is -2.10. The Morgan fingerprint density at radius 2 is 1.88 bits per heavy atom. The van der Waals surface area contributed by atoms with Crippen LogP contribution in [0, 0.1) is 13.8 Å². The van der Waals surface area contributed by atoms with E-state index >= 15 is 0 Å². The number of carbonyl (C=O) groups is 1. The van der Waals surface area contributed by atoms with Crippen molar-refractivity contribution in [2.45, 2.75) is 45.5 Å². The van der Waals surface area contributed by atoms with Crippen LogP contribution in [0.3, 0.4) is 0 Å². The Kier molecular flexibility index (Phi) is 5.77. The Balaban J connectivity index is 1.62. The molecule has 4 rings (SSSR count). The first-order valence-corrected chi connectivity index (χ1v) is 10.1. The summed E-state index contributed by atoms with van der Waals surface area (Å²) in [4.78, 5) is 16.8. The van der Waals surface area contributed by atoms with Gasteiger partial charge >= 0.3 is 6.36 Å². The molecule has 0 spiro atoms. The summed E-state index contributed by atoms with van der Waals surface area (Å²) in [7, 11) is 0. The van der Waals surface area contributed by atoms with E-state index in [1.54, 1.807) is 16.8 Å². The third-order valence-electron chi connectivity index (χ3n) is 4.72. The molecule has 3 aromatic rings. The van der Waals surface area contributed by atoms with Gasteiger partial charge in [-0.05, 0) is 51.0 Å². The summed E-state index contributed by atoms with van der Waals surface area (Å²) in [6.45, 7) is 3.73. The van der Waals surface area contributed by atoms with Crippen LogP contribution < -0.4 is 15.4 Å². The maximum Gasteiger partial charge on any atom is 0.573 e. The highest BCUT2D eigenvalue weighted by molar-refractivity contribution is 5.79. The predicted molar refractivity (Wildman–Crippen MR) is 112 cm³/mol. The van der Waals surface area contributed by atoms with E-state index in [-0.39, 0.29) is 24.1 Å². The van der Waals surface area contributed by atoms with Crippen molar-refractivity contribution in [1.82, 2.24) is 20.1 Å². The molecule has 168 valence electrons. The van der Waals surface area contributed by atoms with Crippen LogP contribution in [0.25, 0.3) is 5.69 Å². The van der Waals surface area contributed by atoms with E-state index in [0.29, 0.717) is 17.2 Å². The van der Waals surface area contributed by atoms with Gasteiger partial charge in [0, 0.05) is 35.2 Å². The van der Waals surface area contributed by atoms with Crippen LogP contribution in [0.1, 0.15) is 29.9 Å². The van der Waals surface area contributed by atoms with Gasteiger partial charge in [0.15, 0.2) is 5.82 Å². The number of amides is 1. The number of pyridine rings is 1. The molecule has 2 heterocycles. The molecule has 0 radical (unpaired) electrons. The van der Waals surface area contributed by atoms with Gasteiger partial charge in [0.2, 0.25) is 5.91 Å². The highest BCUT2D eigenvalue weighted by Gasteiger charge is 2.31. The molecule has 2 aromatic heterocycles. The molecule has 1 saturated carbocycles. The number of rotatable bonds is 7. The number of nitrogens with one attached hydrogen (secondary N) is 2. The second-order valence-electron chi connectivity index (χ2n) is 7.76. The second kappa shape index (κ2) is 8.52. The van der Waals surface area contributed by atoms with Gasteiger partial charge in [-0.3, -0.25) is 9.78 Å². The molecular weight excluding hydrogens is 423 g/mol. The van der Waals surface area contributed by atoms with Crippen LogP contribution in [0.4, 0.5) is 24.7 Å². The Hall–Kier alpha value is -3.56. The lowest BCUT2D eigenvalue weighted by Crippen LogP contribution is -2.27. The monoisotopic (exact) mass is 445 g/mol. The fraction of sp³-hybridized carbons (Fsp3) is 0.318. The summed E-state index contributed by atoms with van der Waals surface area (Å²) in [5, 5.41) is 10.5. The topological polar surface area (TPSA) is 81.1 Å². The van der Waals surface area contributed by atoms with Crippen molar-refractivity contribution >= 4 is 17.4 Å². The van der Waals surface area contributed by atoms with Crippen LogP contribution in [-0.2, 0) is 11.2 Å². The van der Waals surface area contributed by atoms with E-state index in [4.69, 9.17) is 0 Å². The van der Waals surface area contributed by atoms with Gasteiger partial charge in [-0.15, -0.1) is 18.3 Å². The van der Waals surface area contributed by atoms with Crippen molar-refractivity contribution in [1.29, 1.82) is 0 Å². The zero-order valence-electron chi connectivity index (χ0n) is 17.5. The molecule has 32 heavy (non-hydrogen) atoms. The maximum absolute atomic E-state index is 12.5. The van der Waals surface area contributed by atoms with Gasteiger partial charge in [0.05, 0.1) is 17.8 Å². The minimum Gasteiger partial charge on any atom is -0.406 e. The Morgan fingerprint density at radius 1 is 1.16 bits per heavy atom. The molecular formula is C22H22F3N5O2. The summed E-state index contributed by atoms with van der Waals surface area (Å²) >= 11 is 0. The van der Waals surface area contributed by atoms with Crippen molar-refractivity contribution in [3.63, 3.8) is 0 Å². The number of hydrogen-bond donors (Lipinski definition) is 2. The predicted octanol–water partition coefficient (Wildman–Crippen LogP) is 4.35. The van der Waals surface area contributed by atoms with Gasteiger partial charge < -0.3 is 15.4 Å². The number of carbonyl (C=O) groups excluding carboxylic acids is 1. The number of benzene rings is 1. The largest absolute Gasteiger partial charge is 0.573 e. The molecule has 0 unspecified atom stereocenters. The fourth-order valence-electron chi connectivity index (χ4n) is 3.35. The summed E-state index contributed by atoms with van der Waals surface area (Å²) < 4.78 is 43.2. The van der Waals surface area contributed by atoms with Crippen molar-refractivity contribution in [3.05, 3.63) is 59.5 Å². The molecule has 2 N–H and O–H groups in total. The summed E-state index contributed by atoms with van der Waals surface area (Å²) in [6.07, 6.45) is -2.70. The first-order valence-electron chi connectivity index (χ1n) is 10.1. The number of aryl methyl sites for hydroxylation is 2. The fourth-order valence-corrected chi connectivity index (χ4v) is 3.35. The minimum absolute atomic E-state index is 0.108. The minimum atomic E-state index is -4.78. The molecule has 0 aliphatic heterocycles. The molecule has 1 fully saturated rings. The molecule has 1 amide bonds. The smallest absolute Gasteiger partial charge is 0.406 e. The summed E-state index contributed by atoms with van der Waals surface area (Å²) in [6, 6.07) is 11.1. The first-order chi connectivity index (χ1) is 15.1. The Labute approximate surface area is 182 Å². The number of anilines is 2.